The molecule has 0 aliphatic rings. The molecule has 0 saturated heterocycles. The molecule has 114 valence electrons. The van der Waals surface area contributed by atoms with Crippen LogP contribution in [0, 0.1) is 0 Å². The van der Waals surface area contributed by atoms with Crippen LogP contribution in [-0.4, -0.2) is 40.7 Å². The third-order valence-electron chi connectivity index (χ3n) is 2.98. The quantitative estimate of drug-likeness (QED) is 0.826. The summed E-state index contributed by atoms with van der Waals surface area (Å²) < 4.78 is 5.06. The van der Waals surface area contributed by atoms with Crippen LogP contribution in [0.4, 0.5) is 0 Å². The summed E-state index contributed by atoms with van der Waals surface area (Å²) in [6.45, 7) is 0.444. The fraction of sp³-hybridized carbons (Fsp3) is 0.188. The van der Waals surface area contributed by atoms with E-state index in [1.807, 2.05) is 30.3 Å². The number of benzene rings is 1. The summed E-state index contributed by atoms with van der Waals surface area (Å²) in [7, 11) is 1.49. The maximum absolute atomic E-state index is 12.5. The molecule has 22 heavy (non-hydrogen) atoms. The Labute approximate surface area is 128 Å². The molecule has 0 spiro atoms. The molecule has 0 unspecified atom stereocenters. The predicted octanol–water partition coefficient (Wildman–Crippen LogP) is 2.03. The lowest BCUT2D eigenvalue weighted by molar-refractivity contribution is 0.0384. The first kappa shape index (κ1) is 15.7. The Morgan fingerprint density at radius 1 is 1.09 bits per heavy atom. The van der Waals surface area contributed by atoms with Crippen molar-refractivity contribution in [2.45, 2.75) is 6.54 Å². The van der Waals surface area contributed by atoms with Crippen LogP contribution in [0.2, 0.25) is 0 Å². The molecular weight excluding hydrogens is 284 g/mol. The van der Waals surface area contributed by atoms with Crippen molar-refractivity contribution in [2.75, 3.05) is 13.8 Å². The van der Waals surface area contributed by atoms with Gasteiger partial charge in [-0.25, -0.2) is 9.78 Å². The minimum absolute atomic E-state index is 0.0767. The normalized spacial score (nSPS) is 10.2. The van der Waals surface area contributed by atoms with Gasteiger partial charge in [-0.15, -0.1) is 0 Å². The highest BCUT2D eigenvalue weighted by molar-refractivity contribution is 5.94. The van der Waals surface area contributed by atoms with Gasteiger partial charge in [-0.05, 0) is 17.7 Å². The van der Waals surface area contributed by atoms with Crippen LogP contribution in [0.5, 0.6) is 0 Å². The van der Waals surface area contributed by atoms with Crippen molar-refractivity contribution in [3.8, 4) is 0 Å². The van der Waals surface area contributed by atoms with Gasteiger partial charge in [0.05, 0.1) is 0 Å². The topological polar surface area (TPSA) is 79.7 Å². The third-order valence-corrected chi connectivity index (χ3v) is 2.98. The number of hydrogen-bond donors (Lipinski definition) is 1. The summed E-state index contributed by atoms with van der Waals surface area (Å²) >= 11 is 0. The standard InChI is InChI=1S/C16H16N2O4/c1-22-11-18(10-12-6-3-2-4-7-12)15(19)13-8-5-9-14(17-13)16(20)21/h2-9H,10-11H2,1H3,(H,20,21). The summed E-state index contributed by atoms with van der Waals surface area (Å²) in [5, 5.41) is 8.96. The molecule has 0 fully saturated rings. The van der Waals surface area contributed by atoms with Gasteiger partial charge in [-0.3, -0.25) is 4.79 Å². The van der Waals surface area contributed by atoms with Gasteiger partial charge in [0.15, 0.2) is 0 Å². The molecule has 0 bridgehead atoms. The predicted molar refractivity (Wildman–Crippen MR) is 79.4 cm³/mol. The highest BCUT2D eigenvalue weighted by Gasteiger charge is 2.18. The van der Waals surface area contributed by atoms with Crippen molar-refractivity contribution in [1.82, 2.24) is 9.88 Å². The zero-order valence-corrected chi connectivity index (χ0v) is 12.1. The van der Waals surface area contributed by atoms with Gasteiger partial charge in [-0.1, -0.05) is 36.4 Å². The summed E-state index contributed by atoms with van der Waals surface area (Å²) in [6, 6.07) is 13.8. The first-order chi connectivity index (χ1) is 10.6. The number of hydrogen-bond acceptors (Lipinski definition) is 4. The van der Waals surface area contributed by atoms with Crippen LogP contribution in [0.1, 0.15) is 26.5 Å². The number of carboxylic acid groups (broad SMARTS) is 1. The minimum atomic E-state index is -1.17. The Kier molecular flexibility index (Phi) is 5.21. The fourth-order valence-electron chi connectivity index (χ4n) is 1.97. The highest BCUT2D eigenvalue weighted by atomic mass is 16.5. The first-order valence-electron chi connectivity index (χ1n) is 6.64. The molecule has 0 aliphatic carbocycles. The van der Waals surface area contributed by atoms with Gasteiger partial charge in [0.25, 0.3) is 5.91 Å². The molecule has 0 aliphatic heterocycles. The Hall–Kier alpha value is -2.73. The largest absolute Gasteiger partial charge is 0.477 e. The summed E-state index contributed by atoms with van der Waals surface area (Å²) in [5.41, 5.74) is 0.859. The first-order valence-corrected chi connectivity index (χ1v) is 6.64. The second-order valence-electron chi connectivity index (χ2n) is 4.62. The van der Waals surface area contributed by atoms with Crippen LogP contribution in [0.25, 0.3) is 0 Å². The summed E-state index contributed by atoms with van der Waals surface area (Å²) in [4.78, 5) is 28.8. The third kappa shape index (κ3) is 3.89. The zero-order chi connectivity index (χ0) is 15.9. The Morgan fingerprint density at radius 2 is 1.77 bits per heavy atom. The van der Waals surface area contributed by atoms with Gasteiger partial charge >= 0.3 is 5.97 Å². The van der Waals surface area contributed by atoms with Gasteiger partial charge in [0.2, 0.25) is 0 Å². The van der Waals surface area contributed by atoms with Crippen molar-refractivity contribution in [2.24, 2.45) is 0 Å². The smallest absolute Gasteiger partial charge is 0.354 e. The van der Waals surface area contributed by atoms with E-state index in [2.05, 4.69) is 4.98 Å². The van der Waals surface area contributed by atoms with Crippen LogP contribution >= 0.6 is 0 Å². The molecule has 1 amide bonds. The summed E-state index contributed by atoms with van der Waals surface area (Å²) in [5.74, 6) is -1.55. The average molecular weight is 300 g/mol. The number of carbonyl (C=O) groups excluding carboxylic acids is 1. The SMILES string of the molecule is COCN(Cc1ccccc1)C(=O)c1cccc(C(=O)O)n1. The number of aromatic nitrogens is 1. The van der Waals surface area contributed by atoms with Gasteiger partial charge in [-0.2, -0.15) is 0 Å². The lowest BCUT2D eigenvalue weighted by Crippen LogP contribution is -2.33. The molecule has 1 aromatic carbocycles. The Balaban J connectivity index is 2.22. The van der Waals surface area contributed by atoms with Crippen LogP contribution in [0.3, 0.4) is 0 Å². The number of rotatable bonds is 6. The number of methoxy groups -OCH3 is 1. The van der Waals surface area contributed by atoms with E-state index in [0.717, 1.165) is 5.56 Å². The van der Waals surface area contributed by atoms with E-state index in [0.29, 0.717) is 6.54 Å². The molecule has 6 heteroatoms. The second-order valence-corrected chi connectivity index (χ2v) is 4.62. The van der Waals surface area contributed by atoms with E-state index >= 15 is 0 Å². The summed E-state index contributed by atoms with van der Waals surface area (Å²) in [6.07, 6.45) is 0. The number of carbonyl (C=O) groups is 2. The van der Waals surface area contributed by atoms with E-state index in [4.69, 9.17) is 9.84 Å². The molecule has 1 heterocycles. The highest BCUT2D eigenvalue weighted by Crippen LogP contribution is 2.09. The van der Waals surface area contributed by atoms with Crippen molar-refractivity contribution < 1.29 is 19.4 Å². The number of nitrogens with zero attached hydrogens (tertiary/aromatic N) is 2. The van der Waals surface area contributed by atoms with Crippen LogP contribution in [-0.2, 0) is 11.3 Å². The van der Waals surface area contributed by atoms with Gasteiger partial charge < -0.3 is 14.7 Å². The van der Waals surface area contributed by atoms with E-state index in [1.54, 1.807) is 0 Å². The number of amides is 1. The van der Waals surface area contributed by atoms with Gasteiger partial charge in [0.1, 0.15) is 18.1 Å². The van der Waals surface area contributed by atoms with E-state index in [1.165, 1.54) is 30.2 Å². The molecule has 0 atom stereocenters. The monoisotopic (exact) mass is 300 g/mol. The van der Waals surface area contributed by atoms with Crippen molar-refractivity contribution in [3.63, 3.8) is 0 Å². The lowest BCUT2D eigenvalue weighted by atomic mass is 10.2. The molecule has 2 aromatic rings. The molecular formula is C16H16N2O4. The Morgan fingerprint density at radius 3 is 2.41 bits per heavy atom. The van der Waals surface area contributed by atoms with Crippen molar-refractivity contribution >= 4 is 11.9 Å². The molecule has 6 nitrogen and oxygen atoms in total. The second kappa shape index (κ2) is 7.33. The van der Waals surface area contributed by atoms with Gasteiger partial charge in [0, 0.05) is 13.7 Å². The Bertz CT molecular complexity index is 658. The number of pyridine rings is 1. The maximum Gasteiger partial charge on any atom is 0.354 e. The number of ether oxygens (including phenoxy) is 1. The zero-order valence-electron chi connectivity index (χ0n) is 12.1. The number of carboxylic acids is 1. The fourth-order valence-corrected chi connectivity index (χ4v) is 1.97. The minimum Gasteiger partial charge on any atom is -0.477 e. The molecule has 1 N–H and O–H groups in total. The lowest BCUT2D eigenvalue weighted by Gasteiger charge is -2.21. The van der Waals surface area contributed by atoms with Crippen molar-refractivity contribution in [3.05, 3.63) is 65.5 Å². The number of aromatic carboxylic acids is 1. The van der Waals surface area contributed by atoms with E-state index < -0.39 is 5.97 Å². The molecule has 0 saturated carbocycles. The molecule has 0 radical (unpaired) electrons. The molecule has 1 aromatic heterocycles. The van der Waals surface area contributed by atoms with Crippen LogP contribution in [0.15, 0.2) is 48.5 Å². The van der Waals surface area contributed by atoms with Crippen molar-refractivity contribution in [1.29, 1.82) is 0 Å². The van der Waals surface area contributed by atoms with E-state index in [-0.39, 0.29) is 24.0 Å². The van der Waals surface area contributed by atoms with E-state index in [9.17, 15) is 9.59 Å². The van der Waals surface area contributed by atoms with Crippen LogP contribution < -0.4 is 0 Å². The average Bonchev–Trinajstić information content (AvgIpc) is 2.55. The molecule has 2 rings (SSSR count). The maximum atomic E-state index is 12.5.